The van der Waals surface area contributed by atoms with Crippen LogP contribution in [0.5, 0.6) is 0 Å². The molecule has 4 heteroatoms. The minimum atomic E-state index is 0.699. The predicted octanol–water partition coefficient (Wildman–Crippen LogP) is 2.95. The van der Waals surface area contributed by atoms with E-state index in [1.54, 1.807) is 6.33 Å². The third-order valence-corrected chi connectivity index (χ3v) is 2.98. The topological polar surface area (TPSA) is 50.7 Å². The molecule has 1 N–H and O–H groups in total. The van der Waals surface area contributed by atoms with Gasteiger partial charge in [0, 0.05) is 29.9 Å². The number of nitrogens with zero attached hydrogens (tertiary/aromatic N) is 3. The molecule has 0 aliphatic rings. The first kappa shape index (κ1) is 11.6. The van der Waals surface area contributed by atoms with Crippen molar-refractivity contribution in [2.45, 2.75) is 13.5 Å². The summed E-state index contributed by atoms with van der Waals surface area (Å²) in [5, 5.41) is 4.46. The Bertz CT molecular complexity index is 704. The molecule has 2 heterocycles. The fourth-order valence-corrected chi connectivity index (χ4v) is 2.05. The number of rotatable bonds is 3. The summed E-state index contributed by atoms with van der Waals surface area (Å²) in [7, 11) is 0. The summed E-state index contributed by atoms with van der Waals surface area (Å²) >= 11 is 0. The third kappa shape index (κ3) is 2.52. The standard InChI is InChI=1S/C15H14N4/c1-11-8-14(19-10-18-11)17-9-13-5-2-4-12-6-3-7-16-15(12)13/h2-8,10H,9H2,1H3,(H,17,18,19). The molecule has 0 unspecified atom stereocenters. The smallest absolute Gasteiger partial charge is 0.129 e. The SMILES string of the molecule is Cc1cc(NCc2cccc3cccnc23)ncn1. The van der Waals surface area contributed by atoms with Gasteiger partial charge in [0.15, 0.2) is 0 Å². The van der Waals surface area contributed by atoms with Crippen molar-refractivity contribution in [1.29, 1.82) is 0 Å². The predicted molar refractivity (Wildman–Crippen MR) is 75.8 cm³/mol. The molecule has 94 valence electrons. The van der Waals surface area contributed by atoms with Crippen LogP contribution in [0.2, 0.25) is 0 Å². The Labute approximate surface area is 111 Å². The summed E-state index contributed by atoms with van der Waals surface area (Å²) in [5.41, 5.74) is 3.14. The zero-order chi connectivity index (χ0) is 13.1. The average Bonchev–Trinajstić information content (AvgIpc) is 2.45. The van der Waals surface area contributed by atoms with Crippen LogP contribution in [-0.2, 0) is 6.54 Å². The van der Waals surface area contributed by atoms with Crippen molar-refractivity contribution < 1.29 is 0 Å². The minimum absolute atomic E-state index is 0.699. The highest BCUT2D eigenvalue weighted by Gasteiger charge is 2.02. The van der Waals surface area contributed by atoms with Crippen LogP contribution in [0.15, 0.2) is 48.9 Å². The molecule has 0 aliphatic heterocycles. The number of anilines is 1. The number of hydrogen-bond donors (Lipinski definition) is 1. The normalized spacial score (nSPS) is 10.6. The number of fused-ring (bicyclic) bond motifs is 1. The molecular formula is C15H14N4. The van der Waals surface area contributed by atoms with Gasteiger partial charge < -0.3 is 5.32 Å². The number of aryl methyl sites for hydroxylation is 1. The summed E-state index contributed by atoms with van der Waals surface area (Å²) in [6, 6.07) is 12.1. The van der Waals surface area contributed by atoms with Gasteiger partial charge in [0.2, 0.25) is 0 Å². The number of pyridine rings is 1. The van der Waals surface area contributed by atoms with Gasteiger partial charge in [0.1, 0.15) is 12.1 Å². The van der Waals surface area contributed by atoms with E-state index in [0.717, 1.165) is 28.0 Å². The van der Waals surface area contributed by atoms with Crippen molar-refractivity contribution >= 4 is 16.7 Å². The molecule has 0 spiro atoms. The van der Waals surface area contributed by atoms with Gasteiger partial charge in [-0.2, -0.15) is 0 Å². The third-order valence-electron chi connectivity index (χ3n) is 2.98. The summed E-state index contributed by atoms with van der Waals surface area (Å²) in [4.78, 5) is 12.7. The summed E-state index contributed by atoms with van der Waals surface area (Å²) in [6.07, 6.45) is 3.39. The van der Waals surface area contributed by atoms with Crippen LogP contribution in [0.25, 0.3) is 10.9 Å². The first-order valence-corrected chi connectivity index (χ1v) is 6.18. The van der Waals surface area contributed by atoms with Crippen LogP contribution in [0, 0.1) is 6.92 Å². The molecule has 0 aliphatic carbocycles. The number of benzene rings is 1. The van der Waals surface area contributed by atoms with Crippen LogP contribution in [-0.4, -0.2) is 15.0 Å². The lowest BCUT2D eigenvalue weighted by atomic mass is 10.1. The first-order valence-electron chi connectivity index (χ1n) is 6.18. The molecule has 0 fully saturated rings. The van der Waals surface area contributed by atoms with E-state index in [4.69, 9.17) is 0 Å². The van der Waals surface area contributed by atoms with E-state index in [0.29, 0.717) is 6.54 Å². The van der Waals surface area contributed by atoms with E-state index in [-0.39, 0.29) is 0 Å². The molecule has 3 aromatic rings. The van der Waals surface area contributed by atoms with E-state index in [1.807, 2.05) is 31.3 Å². The van der Waals surface area contributed by atoms with Crippen LogP contribution < -0.4 is 5.32 Å². The molecular weight excluding hydrogens is 236 g/mol. The molecule has 0 bridgehead atoms. The fourth-order valence-electron chi connectivity index (χ4n) is 2.05. The fraction of sp³-hybridized carbons (Fsp3) is 0.133. The van der Waals surface area contributed by atoms with Gasteiger partial charge in [-0.15, -0.1) is 0 Å². The molecule has 3 rings (SSSR count). The largest absolute Gasteiger partial charge is 0.366 e. The van der Waals surface area contributed by atoms with Crippen LogP contribution in [0.3, 0.4) is 0 Å². The second-order valence-electron chi connectivity index (χ2n) is 4.39. The first-order chi connectivity index (χ1) is 9.33. The van der Waals surface area contributed by atoms with Gasteiger partial charge in [-0.3, -0.25) is 4.98 Å². The van der Waals surface area contributed by atoms with Crippen LogP contribution >= 0.6 is 0 Å². The molecule has 4 nitrogen and oxygen atoms in total. The Morgan fingerprint density at radius 3 is 2.84 bits per heavy atom. The number of hydrogen-bond acceptors (Lipinski definition) is 4. The van der Waals surface area contributed by atoms with Crippen molar-refractivity contribution in [2.24, 2.45) is 0 Å². The summed E-state index contributed by atoms with van der Waals surface area (Å²) in [6.45, 7) is 2.65. The molecule has 0 amide bonds. The lowest BCUT2D eigenvalue weighted by Gasteiger charge is -2.08. The number of para-hydroxylation sites is 1. The van der Waals surface area contributed by atoms with E-state index in [1.165, 1.54) is 0 Å². The summed E-state index contributed by atoms with van der Waals surface area (Å²) < 4.78 is 0. The monoisotopic (exact) mass is 250 g/mol. The van der Waals surface area contributed by atoms with Crippen molar-refractivity contribution in [1.82, 2.24) is 15.0 Å². The second-order valence-corrected chi connectivity index (χ2v) is 4.39. The maximum atomic E-state index is 4.44. The van der Waals surface area contributed by atoms with Gasteiger partial charge >= 0.3 is 0 Å². The highest BCUT2D eigenvalue weighted by Crippen LogP contribution is 2.17. The molecule has 0 saturated heterocycles. The van der Waals surface area contributed by atoms with Gasteiger partial charge in [-0.25, -0.2) is 9.97 Å². The van der Waals surface area contributed by atoms with Gasteiger partial charge in [0.05, 0.1) is 5.52 Å². The maximum absolute atomic E-state index is 4.44. The Morgan fingerprint density at radius 1 is 1.05 bits per heavy atom. The van der Waals surface area contributed by atoms with Crippen molar-refractivity contribution in [3.8, 4) is 0 Å². The number of nitrogens with one attached hydrogen (secondary N) is 1. The molecule has 0 saturated carbocycles. The van der Waals surface area contributed by atoms with Gasteiger partial charge in [-0.05, 0) is 18.6 Å². The average molecular weight is 250 g/mol. The minimum Gasteiger partial charge on any atom is -0.366 e. The van der Waals surface area contributed by atoms with Crippen molar-refractivity contribution in [3.05, 3.63) is 60.2 Å². The number of aromatic nitrogens is 3. The van der Waals surface area contributed by atoms with Gasteiger partial charge in [-0.1, -0.05) is 24.3 Å². The Balaban J connectivity index is 1.86. The van der Waals surface area contributed by atoms with Crippen molar-refractivity contribution in [3.63, 3.8) is 0 Å². The van der Waals surface area contributed by atoms with Crippen LogP contribution in [0.4, 0.5) is 5.82 Å². The van der Waals surface area contributed by atoms with Crippen LogP contribution in [0.1, 0.15) is 11.3 Å². The lowest BCUT2D eigenvalue weighted by Crippen LogP contribution is -2.03. The zero-order valence-electron chi connectivity index (χ0n) is 10.7. The van der Waals surface area contributed by atoms with Gasteiger partial charge in [0.25, 0.3) is 0 Å². The molecule has 0 radical (unpaired) electrons. The Kier molecular flexibility index (Phi) is 3.06. The van der Waals surface area contributed by atoms with E-state index in [9.17, 15) is 0 Å². The molecule has 19 heavy (non-hydrogen) atoms. The molecule has 1 aromatic carbocycles. The molecule has 2 aromatic heterocycles. The molecule has 0 atom stereocenters. The quantitative estimate of drug-likeness (QED) is 0.776. The van der Waals surface area contributed by atoms with Crippen molar-refractivity contribution in [2.75, 3.05) is 5.32 Å². The van der Waals surface area contributed by atoms with E-state index < -0.39 is 0 Å². The second kappa shape index (κ2) is 5.02. The Hall–Kier alpha value is -2.49. The van der Waals surface area contributed by atoms with E-state index in [2.05, 4.69) is 38.5 Å². The highest BCUT2D eigenvalue weighted by atomic mass is 15.0. The zero-order valence-corrected chi connectivity index (χ0v) is 10.7. The maximum Gasteiger partial charge on any atom is 0.129 e. The highest BCUT2D eigenvalue weighted by molar-refractivity contribution is 5.81. The summed E-state index contributed by atoms with van der Waals surface area (Å²) in [5.74, 6) is 0.834. The Morgan fingerprint density at radius 2 is 1.95 bits per heavy atom. The lowest BCUT2D eigenvalue weighted by molar-refractivity contribution is 1.06. The van der Waals surface area contributed by atoms with E-state index >= 15 is 0 Å².